The molecule has 1 aromatic heterocycles. The number of nitrogens with one attached hydrogen (secondary N) is 1. The number of oxazole rings is 1. The van der Waals surface area contributed by atoms with Gasteiger partial charge in [-0.25, -0.2) is 4.79 Å². The van der Waals surface area contributed by atoms with Gasteiger partial charge in [-0.15, -0.1) is 0 Å². The summed E-state index contributed by atoms with van der Waals surface area (Å²) >= 11 is 6.04. The average Bonchev–Trinajstić information content (AvgIpc) is 2.95. The Balaban J connectivity index is 1.58. The second-order valence-electron chi connectivity index (χ2n) is 5.90. The first-order valence-corrected chi connectivity index (χ1v) is 8.61. The summed E-state index contributed by atoms with van der Waals surface area (Å²) in [5.74, 6) is -0.770. The quantitative estimate of drug-likeness (QED) is 0.493. The Labute approximate surface area is 158 Å². The van der Waals surface area contributed by atoms with Crippen LogP contribution in [0.2, 0.25) is 5.02 Å². The topological polar surface area (TPSA) is 107 Å². The van der Waals surface area contributed by atoms with Gasteiger partial charge in [0.2, 0.25) is 5.91 Å². The number of carbonyl (C=O) groups is 1. The molecule has 9 heteroatoms. The maximum Gasteiger partial charge on any atom is 0.419 e. The fraction of sp³-hybridized carbons (Fsp3) is 0.222. The average molecular weight is 390 g/mol. The van der Waals surface area contributed by atoms with Gasteiger partial charge in [0.15, 0.2) is 5.58 Å². The van der Waals surface area contributed by atoms with Crippen LogP contribution in [0, 0.1) is 10.1 Å². The van der Waals surface area contributed by atoms with E-state index in [-0.39, 0.29) is 30.1 Å². The highest BCUT2D eigenvalue weighted by Gasteiger charge is 2.14. The number of benzene rings is 2. The number of carbonyl (C=O) groups excluding carboxylic acids is 1. The number of aromatic nitrogens is 1. The molecule has 0 aliphatic rings. The molecule has 1 N–H and O–H groups in total. The molecule has 0 spiro atoms. The molecule has 0 unspecified atom stereocenters. The van der Waals surface area contributed by atoms with E-state index in [0.717, 1.165) is 5.56 Å². The number of hydrogen-bond donors (Lipinski definition) is 1. The van der Waals surface area contributed by atoms with Crippen molar-refractivity contribution in [3.05, 3.63) is 73.7 Å². The van der Waals surface area contributed by atoms with Crippen LogP contribution >= 0.6 is 11.6 Å². The SMILES string of the molecule is O=C(CCCn1c(=O)oc2cc([N+](=O)[O-])ccc21)NCc1ccccc1Cl. The van der Waals surface area contributed by atoms with E-state index in [9.17, 15) is 19.7 Å². The van der Waals surface area contributed by atoms with E-state index < -0.39 is 10.7 Å². The predicted octanol–water partition coefficient (Wildman–Crippen LogP) is 3.25. The summed E-state index contributed by atoms with van der Waals surface area (Å²) < 4.78 is 6.42. The molecule has 3 rings (SSSR count). The summed E-state index contributed by atoms with van der Waals surface area (Å²) in [5, 5.41) is 14.2. The minimum absolute atomic E-state index is 0.150. The predicted molar refractivity (Wildman–Crippen MR) is 99.7 cm³/mol. The summed E-state index contributed by atoms with van der Waals surface area (Å²) in [5.41, 5.74) is 1.29. The van der Waals surface area contributed by atoms with Crippen molar-refractivity contribution in [1.29, 1.82) is 0 Å². The molecule has 3 aromatic rings. The zero-order chi connectivity index (χ0) is 19.4. The number of nitrogens with zero attached hydrogens (tertiary/aromatic N) is 2. The van der Waals surface area contributed by atoms with Crippen molar-refractivity contribution in [3.63, 3.8) is 0 Å². The van der Waals surface area contributed by atoms with Crippen LogP contribution in [-0.4, -0.2) is 15.4 Å². The third-order valence-electron chi connectivity index (χ3n) is 4.08. The number of aryl methyl sites for hydroxylation is 1. The van der Waals surface area contributed by atoms with Gasteiger partial charge in [0, 0.05) is 30.6 Å². The molecule has 2 aromatic carbocycles. The Morgan fingerprint density at radius 1 is 1.26 bits per heavy atom. The van der Waals surface area contributed by atoms with Crippen LogP contribution in [0.3, 0.4) is 0 Å². The van der Waals surface area contributed by atoms with Gasteiger partial charge >= 0.3 is 5.76 Å². The maximum atomic E-state index is 12.0. The molecule has 0 atom stereocenters. The summed E-state index contributed by atoms with van der Waals surface area (Å²) in [6.07, 6.45) is 0.635. The first kappa shape index (κ1) is 18.7. The number of nitro benzene ring substituents is 1. The van der Waals surface area contributed by atoms with E-state index >= 15 is 0 Å². The highest BCUT2D eigenvalue weighted by atomic mass is 35.5. The van der Waals surface area contributed by atoms with Crippen LogP contribution < -0.4 is 11.1 Å². The zero-order valence-electron chi connectivity index (χ0n) is 14.2. The lowest BCUT2D eigenvalue weighted by atomic mass is 10.2. The van der Waals surface area contributed by atoms with Gasteiger partial charge in [-0.05, 0) is 24.1 Å². The van der Waals surface area contributed by atoms with Crippen molar-refractivity contribution in [3.8, 4) is 0 Å². The number of amides is 1. The second-order valence-corrected chi connectivity index (χ2v) is 6.31. The fourth-order valence-electron chi connectivity index (χ4n) is 2.70. The van der Waals surface area contributed by atoms with Gasteiger partial charge in [0.1, 0.15) is 0 Å². The van der Waals surface area contributed by atoms with Crippen LogP contribution in [0.15, 0.2) is 51.7 Å². The lowest BCUT2D eigenvalue weighted by molar-refractivity contribution is -0.384. The van der Waals surface area contributed by atoms with Gasteiger partial charge in [0.05, 0.1) is 16.5 Å². The Kier molecular flexibility index (Phi) is 5.56. The van der Waals surface area contributed by atoms with E-state index in [1.807, 2.05) is 18.2 Å². The molecular weight excluding hydrogens is 374 g/mol. The van der Waals surface area contributed by atoms with Gasteiger partial charge in [-0.1, -0.05) is 29.8 Å². The van der Waals surface area contributed by atoms with Gasteiger partial charge in [0.25, 0.3) is 5.69 Å². The van der Waals surface area contributed by atoms with Gasteiger partial charge in [-0.3, -0.25) is 19.5 Å². The molecule has 8 nitrogen and oxygen atoms in total. The Morgan fingerprint density at radius 2 is 2.04 bits per heavy atom. The van der Waals surface area contributed by atoms with E-state index in [4.69, 9.17) is 16.0 Å². The van der Waals surface area contributed by atoms with Crippen molar-refractivity contribution in [2.75, 3.05) is 0 Å². The summed E-state index contributed by atoms with van der Waals surface area (Å²) in [4.78, 5) is 34.2. The molecule has 140 valence electrons. The minimum atomic E-state index is -0.609. The Hall–Kier alpha value is -3.13. The zero-order valence-corrected chi connectivity index (χ0v) is 14.9. The summed E-state index contributed by atoms with van der Waals surface area (Å²) in [7, 11) is 0. The van der Waals surface area contributed by atoms with E-state index in [1.165, 1.54) is 22.8 Å². The maximum absolute atomic E-state index is 12.0. The van der Waals surface area contributed by atoms with Gasteiger partial charge < -0.3 is 9.73 Å². The molecular formula is C18H16ClN3O5. The van der Waals surface area contributed by atoms with E-state index in [0.29, 0.717) is 23.5 Å². The molecule has 0 fully saturated rings. The van der Waals surface area contributed by atoms with Gasteiger partial charge in [-0.2, -0.15) is 0 Å². The van der Waals surface area contributed by atoms with Crippen molar-refractivity contribution >= 4 is 34.3 Å². The Bertz CT molecular complexity index is 1060. The minimum Gasteiger partial charge on any atom is -0.407 e. The lowest BCUT2D eigenvalue weighted by Crippen LogP contribution is -2.23. The molecule has 27 heavy (non-hydrogen) atoms. The van der Waals surface area contributed by atoms with Crippen molar-refractivity contribution < 1.29 is 14.1 Å². The largest absolute Gasteiger partial charge is 0.419 e. The highest BCUT2D eigenvalue weighted by Crippen LogP contribution is 2.20. The number of nitro groups is 1. The molecule has 0 aliphatic carbocycles. The Morgan fingerprint density at radius 3 is 2.78 bits per heavy atom. The number of rotatable bonds is 7. The molecule has 0 saturated carbocycles. The number of non-ortho nitro benzene ring substituents is 1. The van der Waals surface area contributed by atoms with Crippen molar-refractivity contribution in [2.24, 2.45) is 0 Å². The smallest absolute Gasteiger partial charge is 0.407 e. The fourth-order valence-corrected chi connectivity index (χ4v) is 2.90. The first-order valence-electron chi connectivity index (χ1n) is 8.23. The molecule has 0 bridgehead atoms. The van der Waals surface area contributed by atoms with Crippen LogP contribution in [-0.2, 0) is 17.9 Å². The lowest BCUT2D eigenvalue weighted by Gasteiger charge is -2.07. The first-order chi connectivity index (χ1) is 13.0. The number of halogens is 1. The van der Waals surface area contributed by atoms with E-state index in [1.54, 1.807) is 6.07 Å². The second kappa shape index (κ2) is 8.05. The molecule has 0 saturated heterocycles. The van der Waals surface area contributed by atoms with Crippen LogP contribution in [0.1, 0.15) is 18.4 Å². The van der Waals surface area contributed by atoms with Crippen LogP contribution in [0.4, 0.5) is 5.69 Å². The summed E-state index contributed by atoms with van der Waals surface area (Å²) in [6.45, 7) is 0.597. The third kappa shape index (κ3) is 4.35. The number of fused-ring (bicyclic) bond motifs is 1. The summed E-state index contributed by atoms with van der Waals surface area (Å²) in [6, 6.07) is 11.2. The number of hydrogen-bond acceptors (Lipinski definition) is 5. The standard InChI is InChI=1S/C18H16ClN3O5/c19-14-5-2-1-4-12(14)11-20-17(23)6-3-9-21-15-8-7-13(22(25)26)10-16(15)27-18(21)24/h1-2,4-5,7-8,10H,3,6,9,11H2,(H,20,23). The van der Waals surface area contributed by atoms with Crippen LogP contribution in [0.5, 0.6) is 0 Å². The molecule has 1 heterocycles. The van der Waals surface area contributed by atoms with E-state index in [2.05, 4.69) is 5.32 Å². The van der Waals surface area contributed by atoms with Crippen molar-refractivity contribution in [2.45, 2.75) is 25.9 Å². The normalized spacial score (nSPS) is 10.9. The van der Waals surface area contributed by atoms with Crippen LogP contribution in [0.25, 0.3) is 11.1 Å². The monoisotopic (exact) mass is 389 g/mol. The molecule has 0 aliphatic heterocycles. The molecule has 0 radical (unpaired) electrons. The highest BCUT2D eigenvalue weighted by molar-refractivity contribution is 6.31. The van der Waals surface area contributed by atoms with Crippen molar-refractivity contribution in [1.82, 2.24) is 9.88 Å². The molecule has 1 amide bonds. The third-order valence-corrected chi connectivity index (χ3v) is 4.45.